The van der Waals surface area contributed by atoms with Crippen LogP contribution in [0.15, 0.2) is 40.9 Å². The second-order valence-corrected chi connectivity index (χ2v) is 5.52. The molecule has 2 aromatic carbocycles. The van der Waals surface area contributed by atoms with Gasteiger partial charge in [-0.2, -0.15) is 0 Å². The summed E-state index contributed by atoms with van der Waals surface area (Å²) in [6.45, 7) is 2.68. The normalized spacial score (nSPS) is 10.2. The van der Waals surface area contributed by atoms with Gasteiger partial charge in [-0.1, -0.05) is 29.8 Å². The Morgan fingerprint density at radius 1 is 1.24 bits per heavy atom. The molecule has 0 heterocycles. The van der Waals surface area contributed by atoms with Crippen molar-refractivity contribution in [2.75, 3.05) is 6.61 Å². The zero-order valence-corrected chi connectivity index (χ0v) is 13.8. The summed E-state index contributed by atoms with van der Waals surface area (Å²) in [7, 11) is 0. The summed E-state index contributed by atoms with van der Waals surface area (Å²) in [6, 6.07) is 10.8. The third kappa shape index (κ3) is 3.99. The Morgan fingerprint density at radius 3 is 2.67 bits per heavy atom. The lowest BCUT2D eigenvalue weighted by molar-refractivity contribution is 0.112. The molecule has 0 fully saturated rings. The van der Waals surface area contributed by atoms with Crippen molar-refractivity contribution >= 4 is 33.8 Å². The number of aldehydes is 1. The molecule has 0 aromatic heterocycles. The van der Waals surface area contributed by atoms with Crippen LogP contribution in [0.4, 0.5) is 0 Å². The van der Waals surface area contributed by atoms with Crippen molar-refractivity contribution < 1.29 is 14.3 Å². The van der Waals surface area contributed by atoms with E-state index in [0.29, 0.717) is 39.8 Å². The third-order valence-corrected chi connectivity index (χ3v) is 3.76. The highest BCUT2D eigenvalue weighted by molar-refractivity contribution is 9.10. The van der Waals surface area contributed by atoms with Gasteiger partial charge in [-0.05, 0) is 41.1 Å². The molecule has 0 N–H and O–H groups in total. The molecule has 0 unspecified atom stereocenters. The molecule has 0 radical (unpaired) electrons. The SMILES string of the molecule is CCOc1cc(C=O)cc(Br)c1OCc1ccccc1Cl. The van der Waals surface area contributed by atoms with Gasteiger partial charge in [-0.15, -0.1) is 0 Å². The van der Waals surface area contributed by atoms with Gasteiger partial charge in [-0.3, -0.25) is 4.79 Å². The van der Waals surface area contributed by atoms with E-state index in [0.717, 1.165) is 11.8 Å². The minimum Gasteiger partial charge on any atom is -0.490 e. The van der Waals surface area contributed by atoms with Crippen molar-refractivity contribution in [3.63, 3.8) is 0 Å². The van der Waals surface area contributed by atoms with E-state index >= 15 is 0 Å². The Bertz CT molecular complexity index is 643. The zero-order valence-electron chi connectivity index (χ0n) is 11.4. The molecule has 0 amide bonds. The minimum absolute atomic E-state index is 0.318. The van der Waals surface area contributed by atoms with Crippen LogP contribution in [0.5, 0.6) is 11.5 Å². The van der Waals surface area contributed by atoms with E-state index in [1.54, 1.807) is 12.1 Å². The highest BCUT2D eigenvalue weighted by Gasteiger charge is 2.13. The predicted octanol–water partition coefficient (Wildman–Crippen LogP) is 4.89. The number of hydrogen-bond donors (Lipinski definition) is 0. The number of halogens is 2. The van der Waals surface area contributed by atoms with Crippen LogP contribution in [-0.4, -0.2) is 12.9 Å². The van der Waals surface area contributed by atoms with Gasteiger partial charge in [0.2, 0.25) is 0 Å². The summed E-state index contributed by atoms with van der Waals surface area (Å²) < 4.78 is 12.0. The van der Waals surface area contributed by atoms with Gasteiger partial charge in [0.15, 0.2) is 11.5 Å². The van der Waals surface area contributed by atoms with Gasteiger partial charge in [0.05, 0.1) is 11.1 Å². The molecular formula is C16H14BrClO3. The fraction of sp³-hybridized carbons (Fsp3) is 0.188. The molecule has 0 bridgehead atoms. The standard InChI is InChI=1S/C16H14BrClO3/c1-2-20-15-8-11(9-19)7-13(17)16(15)21-10-12-5-3-4-6-14(12)18/h3-9H,2,10H2,1H3. The van der Waals surface area contributed by atoms with E-state index in [1.807, 2.05) is 31.2 Å². The van der Waals surface area contributed by atoms with Crippen LogP contribution in [0.2, 0.25) is 5.02 Å². The molecule has 21 heavy (non-hydrogen) atoms. The molecule has 2 rings (SSSR count). The first-order chi connectivity index (χ1) is 10.2. The zero-order chi connectivity index (χ0) is 15.2. The van der Waals surface area contributed by atoms with E-state index < -0.39 is 0 Å². The first-order valence-electron chi connectivity index (χ1n) is 6.43. The van der Waals surface area contributed by atoms with Crippen LogP contribution in [0.1, 0.15) is 22.8 Å². The summed E-state index contributed by atoms with van der Waals surface area (Å²) in [6.07, 6.45) is 0.769. The summed E-state index contributed by atoms with van der Waals surface area (Å²) in [4.78, 5) is 10.9. The Morgan fingerprint density at radius 2 is 2.00 bits per heavy atom. The van der Waals surface area contributed by atoms with Crippen LogP contribution >= 0.6 is 27.5 Å². The van der Waals surface area contributed by atoms with E-state index in [9.17, 15) is 4.79 Å². The average Bonchev–Trinajstić information content (AvgIpc) is 2.48. The van der Waals surface area contributed by atoms with E-state index in [2.05, 4.69) is 15.9 Å². The monoisotopic (exact) mass is 368 g/mol. The minimum atomic E-state index is 0.318. The van der Waals surface area contributed by atoms with Crippen LogP contribution in [0.25, 0.3) is 0 Å². The van der Waals surface area contributed by atoms with E-state index in [1.165, 1.54) is 0 Å². The van der Waals surface area contributed by atoms with Crippen molar-refractivity contribution in [1.29, 1.82) is 0 Å². The van der Waals surface area contributed by atoms with Gasteiger partial charge in [-0.25, -0.2) is 0 Å². The molecule has 3 nitrogen and oxygen atoms in total. The number of rotatable bonds is 6. The first-order valence-corrected chi connectivity index (χ1v) is 7.60. The molecular weight excluding hydrogens is 356 g/mol. The molecule has 0 saturated heterocycles. The number of carbonyl (C=O) groups excluding carboxylic acids is 1. The molecule has 5 heteroatoms. The average molecular weight is 370 g/mol. The fourth-order valence-electron chi connectivity index (χ4n) is 1.82. The highest BCUT2D eigenvalue weighted by atomic mass is 79.9. The van der Waals surface area contributed by atoms with Crippen LogP contribution < -0.4 is 9.47 Å². The third-order valence-electron chi connectivity index (χ3n) is 2.80. The maximum atomic E-state index is 10.9. The number of ether oxygens (including phenoxy) is 2. The summed E-state index contributed by atoms with van der Waals surface area (Å²) >= 11 is 9.51. The molecule has 0 spiro atoms. The van der Waals surface area contributed by atoms with Crippen molar-refractivity contribution in [1.82, 2.24) is 0 Å². The summed E-state index contributed by atoms with van der Waals surface area (Å²) in [5, 5.41) is 0.649. The van der Waals surface area contributed by atoms with Crippen molar-refractivity contribution in [2.24, 2.45) is 0 Å². The Balaban J connectivity index is 2.26. The smallest absolute Gasteiger partial charge is 0.175 e. The summed E-state index contributed by atoms with van der Waals surface area (Å²) in [5.74, 6) is 1.09. The van der Waals surface area contributed by atoms with Crippen molar-refractivity contribution in [3.05, 3.63) is 57.0 Å². The lowest BCUT2D eigenvalue weighted by Crippen LogP contribution is -2.01. The number of hydrogen-bond acceptors (Lipinski definition) is 3. The Hall–Kier alpha value is -1.52. The lowest BCUT2D eigenvalue weighted by atomic mass is 10.2. The highest BCUT2D eigenvalue weighted by Crippen LogP contribution is 2.37. The quantitative estimate of drug-likeness (QED) is 0.680. The van der Waals surface area contributed by atoms with Gasteiger partial charge >= 0.3 is 0 Å². The van der Waals surface area contributed by atoms with Crippen LogP contribution in [0.3, 0.4) is 0 Å². The number of benzene rings is 2. The predicted molar refractivity (Wildman–Crippen MR) is 86.5 cm³/mol. The fourth-order valence-corrected chi connectivity index (χ4v) is 2.59. The molecule has 110 valence electrons. The van der Waals surface area contributed by atoms with Crippen LogP contribution in [0, 0.1) is 0 Å². The van der Waals surface area contributed by atoms with Gasteiger partial charge in [0.25, 0.3) is 0 Å². The largest absolute Gasteiger partial charge is 0.490 e. The maximum Gasteiger partial charge on any atom is 0.175 e. The lowest BCUT2D eigenvalue weighted by Gasteiger charge is -2.14. The Labute approximate surface area is 137 Å². The molecule has 0 aliphatic heterocycles. The second kappa shape index (κ2) is 7.48. The van der Waals surface area contributed by atoms with E-state index in [-0.39, 0.29) is 0 Å². The molecule has 0 aliphatic carbocycles. The molecule has 2 aromatic rings. The maximum absolute atomic E-state index is 10.9. The van der Waals surface area contributed by atoms with Crippen LogP contribution in [-0.2, 0) is 6.61 Å². The van der Waals surface area contributed by atoms with Gasteiger partial charge in [0.1, 0.15) is 12.9 Å². The van der Waals surface area contributed by atoms with Crippen molar-refractivity contribution in [3.8, 4) is 11.5 Å². The first kappa shape index (κ1) is 15.9. The second-order valence-electron chi connectivity index (χ2n) is 4.26. The van der Waals surface area contributed by atoms with Gasteiger partial charge < -0.3 is 9.47 Å². The molecule has 0 aliphatic rings. The molecule has 0 saturated carbocycles. The Kier molecular flexibility index (Phi) is 5.65. The summed E-state index contributed by atoms with van der Waals surface area (Å²) in [5.41, 5.74) is 1.41. The van der Waals surface area contributed by atoms with Gasteiger partial charge in [0, 0.05) is 16.1 Å². The number of carbonyl (C=O) groups is 1. The van der Waals surface area contributed by atoms with E-state index in [4.69, 9.17) is 21.1 Å². The van der Waals surface area contributed by atoms with Crippen molar-refractivity contribution in [2.45, 2.75) is 13.5 Å². The topological polar surface area (TPSA) is 35.5 Å². The molecule has 0 atom stereocenters.